The fraction of sp³-hybridized carbons (Fsp3) is 0.625. The van der Waals surface area contributed by atoms with Gasteiger partial charge in [0.1, 0.15) is 0 Å². The molecule has 0 aromatic heterocycles. The predicted octanol–water partition coefficient (Wildman–Crippen LogP) is 3.20. The van der Waals surface area contributed by atoms with E-state index in [-0.39, 0.29) is 11.5 Å². The lowest BCUT2D eigenvalue weighted by molar-refractivity contribution is 0.477. The summed E-state index contributed by atoms with van der Waals surface area (Å²) in [5.41, 5.74) is 17.4. The molecule has 2 unspecified atom stereocenters. The SMILES string of the molecule is Cc1cc(C(C)(C)C)cc(C)c1C(N)C(C)CN. The Labute approximate surface area is 112 Å². The maximum absolute atomic E-state index is 6.33. The van der Waals surface area contributed by atoms with E-state index in [2.05, 4.69) is 53.7 Å². The van der Waals surface area contributed by atoms with Crippen molar-refractivity contribution in [2.75, 3.05) is 6.54 Å². The van der Waals surface area contributed by atoms with Gasteiger partial charge in [-0.3, -0.25) is 0 Å². The Kier molecular flexibility index (Phi) is 4.57. The van der Waals surface area contributed by atoms with E-state index < -0.39 is 0 Å². The zero-order valence-electron chi connectivity index (χ0n) is 12.7. The van der Waals surface area contributed by atoms with Crippen LogP contribution in [0.3, 0.4) is 0 Å². The molecule has 0 saturated carbocycles. The molecule has 4 N–H and O–H groups in total. The second-order valence-electron chi connectivity index (χ2n) is 6.51. The lowest BCUT2D eigenvalue weighted by Crippen LogP contribution is -2.27. The Hall–Kier alpha value is -0.860. The highest BCUT2D eigenvalue weighted by atomic mass is 14.7. The average Bonchev–Trinajstić information content (AvgIpc) is 2.25. The molecule has 1 aromatic carbocycles. The first-order valence-electron chi connectivity index (χ1n) is 6.75. The Bertz CT molecular complexity index is 393. The van der Waals surface area contributed by atoms with E-state index in [1.807, 2.05) is 0 Å². The van der Waals surface area contributed by atoms with Crippen LogP contribution in [0.15, 0.2) is 12.1 Å². The molecule has 102 valence electrons. The van der Waals surface area contributed by atoms with Gasteiger partial charge < -0.3 is 11.5 Å². The highest BCUT2D eigenvalue weighted by Crippen LogP contribution is 2.31. The summed E-state index contributed by atoms with van der Waals surface area (Å²) < 4.78 is 0. The van der Waals surface area contributed by atoms with E-state index in [4.69, 9.17) is 11.5 Å². The minimum Gasteiger partial charge on any atom is -0.330 e. The summed E-state index contributed by atoms with van der Waals surface area (Å²) in [5, 5.41) is 0. The molecule has 0 bridgehead atoms. The number of rotatable bonds is 3. The molecule has 2 nitrogen and oxygen atoms in total. The fourth-order valence-electron chi connectivity index (χ4n) is 2.36. The Morgan fingerprint density at radius 1 is 1.11 bits per heavy atom. The van der Waals surface area contributed by atoms with Crippen LogP contribution in [0.1, 0.15) is 56.0 Å². The van der Waals surface area contributed by atoms with Gasteiger partial charge in [0.05, 0.1) is 0 Å². The molecule has 1 rings (SSSR count). The van der Waals surface area contributed by atoms with Crippen molar-refractivity contribution < 1.29 is 0 Å². The number of hydrogen-bond acceptors (Lipinski definition) is 2. The molecule has 2 heteroatoms. The van der Waals surface area contributed by atoms with Gasteiger partial charge in [-0.15, -0.1) is 0 Å². The summed E-state index contributed by atoms with van der Waals surface area (Å²) in [6, 6.07) is 4.57. The van der Waals surface area contributed by atoms with E-state index in [0.717, 1.165) is 0 Å². The third-order valence-electron chi connectivity index (χ3n) is 3.78. The summed E-state index contributed by atoms with van der Waals surface area (Å²) in [6.45, 7) is 13.8. The van der Waals surface area contributed by atoms with Crippen LogP contribution < -0.4 is 11.5 Å². The average molecular weight is 248 g/mol. The van der Waals surface area contributed by atoms with Crippen molar-refractivity contribution in [3.8, 4) is 0 Å². The maximum Gasteiger partial charge on any atom is 0.0338 e. The van der Waals surface area contributed by atoms with Gasteiger partial charge in [-0.05, 0) is 54.0 Å². The zero-order valence-corrected chi connectivity index (χ0v) is 12.7. The first kappa shape index (κ1) is 15.2. The van der Waals surface area contributed by atoms with E-state index in [1.165, 1.54) is 22.3 Å². The van der Waals surface area contributed by atoms with Crippen LogP contribution in [0, 0.1) is 19.8 Å². The Morgan fingerprint density at radius 3 is 1.89 bits per heavy atom. The quantitative estimate of drug-likeness (QED) is 0.863. The molecule has 2 atom stereocenters. The molecule has 0 amide bonds. The van der Waals surface area contributed by atoms with Gasteiger partial charge in [0.15, 0.2) is 0 Å². The molecule has 0 fully saturated rings. The normalized spacial score (nSPS) is 15.6. The van der Waals surface area contributed by atoms with Gasteiger partial charge in [0.25, 0.3) is 0 Å². The Morgan fingerprint density at radius 2 is 1.56 bits per heavy atom. The fourth-order valence-corrected chi connectivity index (χ4v) is 2.36. The van der Waals surface area contributed by atoms with Gasteiger partial charge >= 0.3 is 0 Å². The first-order chi connectivity index (χ1) is 8.18. The van der Waals surface area contributed by atoms with Crippen molar-refractivity contribution in [3.05, 3.63) is 34.4 Å². The molecular formula is C16H28N2. The number of nitrogens with two attached hydrogens (primary N) is 2. The summed E-state index contributed by atoms with van der Waals surface area (Å²) in [7, 11) is 0. The van der Waals surface area contributed by atoms with Crippen LogP contribution in [0.4, 0.5) is 0 Å². The number of aryl methyl sites for hydroxylation is 2. The van der Waals surface area contributed by atoms with Crippen molar-refractivity contribution in [1.82, 2.24) is 0 Å². The predicted molar refractivity (Wildman–Crippen MR) is 79.8 cm³/mol. The third-order valence-corrected chi connectivity index (χ3v) is 3.78. The lowest BCUT2D eigenvalue weighted by atomic mass is 9.81. The molecule has 0 aliphatic rings. The van der Waals surface area contributed by atoms with Gasteiger partial charge in [0.2, 0.25) is 0 Å². The highest BCUT2D eigenvalue weighted by molar-refractivity contribution is 5.42. The van der Waals surface area contributed by atoms with Crippen LogP contribution in [0.25, 0.3) is 0 Å². The highest BCUT2D eigenvalue weighted by Gasteiger charge is 2.21. The monoisotopic (exact) mass is 248 g/mol. The van der Waals surface area contributed by atoms with Crippen LogP contribution in [-0.4, -0.2) is 6.54 Å². The standard InChI is InChI=1S/C16H28N2/c1-10-7-13(16(4,5)6)8-11(2)14(10)15(18)12(3)9-17/h7-8,12,15H,9,17-18H2,1-6H3. The molecule has 0 radical (unpaired) electrons. The lowest BCUT2D eigenvalue weighted by Gasteiger charge is -2.26. The van der Waals surface area contributed by atoms with Crippen LogP contribution >= 0.6 is 0 Å². The summed E-state index contributed by atoms with van der Waals surface area (Å²) in [5.74, 6) is 0.308. The summed E-state index contributed by atoms with van der Waals surface area (Å²) >= 11 is 0. The summed E-state index contributed by atoms with van der Waals surface area (Å²) in [4.78, 5) is 0. The molecule has 0 heterocycles. The Balaban J connectivity index is 3.25. The van der Waals surface area contributed by atoms with E-state index in [0.29, 0.717) is 12.5 Å². The van der Waals surface area contributed by atoms with Crippen molar-refractivity contribution in [2.45, 2.75) is 53.0 Å². The van der Waals surface area contributed by atoms with E-state index in [1.54, 1.807) is 0 Å². The minimum atomic E-state index is 0.0315. The molecule has 0 spiro atoms. The topological polar surface area (TPSA) is 52.0 Å². The van der Waals surface area contributed by atoms with Crippen LogP contribution in [0.2, 0.25) is 0 Å². The molecule has 1 aromatic rings. The smallest absolute Gasteiger partial charge is 0.0338 e. The van der Waals surface area contributed by atoms with Crippen LogP contribution in [0.5, 0.6) is 0 Å². The van der Waals surface area contributed by atoms with E-state index in [9.17, 15) is 0 Å². The third kappa shape index (κ3) is 3.12. The number of hydrogen-bond donors (Lipinski definition) is 2. The molecule has 0 aliphatic heterocycles. The van der Waals surface area contributed by atoms with Crippen molar-refractivity contribution in [1.29, 1.82) is 0 Å². The zero-order chi connectivity index (χ0) is 14.1. The van der Waals surface area contributed by atoms with Crippen molar-refractivity contribution >= 4 is 0 Å². The second-order valence-corrected chi connectivity index (χ2v) is 6.51. The molecule has 18 heavy (non-hydrogen) atoms. The maximum atomic E-state index is 6.33. The first-order valence-corrected chi connectivity index (χ1v) is 6.75. The summed E-state index contributed by atoms with van der Waals surface area (Å²) in [6.07, 6.45) is 0. The van der Waals surface area contributed by atoms with E-state index >= 15 is 0 Å². The van der Waals surface area contributed by atoms with Crippen molar-refractivity contribution in [3.63, 3.8) is 0 Å². The largest absolute Gasteiger partial charge is 0.330 e. The van der Waals surface area contributed by atoms with Gasteiger partial charge in [-0.25, -0.2) is 0 Å². The van der Waals surface area contributed by atoms with Gasteiger partial charge in [-0.2, -0.15) is 0 Å². The van der Waals surface area contributed by atoms with Gasteiger partial charge in [-0.1, -0.05) is 39.8 Å². The molecular weight excluding hydrogens is 220 g/mol. The van der Waals surface area contributed by atoms with Crippen LogP contribution in [-0.2, 0) is 5.41 Å². The van der Waals surface area contributed by atoms with Crippen molar-refractivity contribution in [2.24, 2.45) is 17.4 Å². The molecule has 0 aliphatic carbocycles. The number of benzene rings is 1. The second kappa shape index (κ2) is 5.41. The minimum absolute atomic E-state index is 0.0315. The van der Waals surface area contributed by atoms with Gasteiger partial charge in [0, 0.05) is 6.04 Å². The molecule has 0 saturated heterocycles.